The smallest absolute Gasteiger partial charge is 0.315 e. The molecule has 106 valence electrons. The summed E-state index contributed by atoms with van der Waals surface area (Å²) in [6.45, 7) is 5.68. The van der Waals surface area contributed by atoms with Gasteiger partial charge in [-0.1, -0.05) is 13.3 Å². The molecule has 0 saturated heterocycles. The van der Waals surface area contributed by atoms with Crippen LogP contribution in [-0.4, -0.2) is 42.9 Å². The van der Waals surface area contributed by atoms with E-state index in [1.165, 1.54) is 0 Å². The van der Waals surface area contributed by atoms with Crippen LogP contribution >= 0.6 is 0 Å². The van der Waals surface area contributed by atoms with E-state index in [9.17, 15) is 9.59 Å². The van der Waals surface area contributed by atoms with Gasteiger partial charge in [-0.25, -0.2) is 4.79 Å². The Morgan fingerprint density at radius 3 is 2.56 bits per heavy atom. The van der Waals surface area contributed by atoms with Gasteiger partial charge in [0.15, 0.2) is 0 Å². The fraction of sp³-hybridized carbons (Fsp3) is 0.833. The molecule has 18 heavy (non-hydrogen) atoms. The number of carbonyl (C=O) groups is 2. The summed E-state index contributed by atoms with van der Waals surface area (Å²) in [5.74, 6) is -0.924. The van der Waals surface area contributed by atoms with Gasteiger partial charge in [-0.2, -0.15) is 0 Å². The maximum atomic E-state index is 11.3. The third kappa shape index (κ3) is 11.2. The van der Waals surface area contributed by atoms with Crippen molar-refractivity contribution in [3.8, 4) is 0 Å². The van der Waals surface area contributed by atoms with Crippen LogP contribution in [0.15, 0.2) is 0 Å². The minimum Gasteiger partial charge on any atom is -0.481 e. The molecule has 0 heterocycles. The van der Waals surface area contributed by atoms with E-state index in [0.29, 0.717) is 13.2 Å². The largest absolute Gasteiger partial charge is 0.481 e. The lowest BCUT2D eigenvalue weighted by Gasteiger charge is -2.12. The van der Waals surface area contributed by atoms with Gasteiger partial charge in [-0.15, -0.1) is 0 Å². The zero-order valence-corrected chi connectivity index (χ0v) is 11.2. The van der Waals surface area contributed by atoms with Crippen molar-refractivity contribution < 1.29 is 19.4 Å². The fourth-order valence-corrected chi connectivity index (χ4v) is 1.31. The van der Waals surface area contributed by atoms with E-state index >= 15 is 0 Å². The number of unbranched alkanes of at least 4 members (excludes halogenated alkanes) is 1. The average molecular weight is 260 g/mol. The Labute approximate surface area is 108 Å². The predicted octanol–water partition coefficient (Wildman–Crippen LogP) is 1.36. The molecule has 0 radical (unpaired) electrons. The highest BCUT2D eigenvalue weighted by Crippen LogP contribution is 1.91. The molecule has 0 rings (SSSR count). The van der Waals surface area contributed by atoms with E-state index < -0.39 is 5.97 Å². The third-order valence-electron chi connectivity index (χ3n) is 2.25. The summed E-state index contributed by atoms with van der Waals surface area (Å²) in [4.78, 5) is 21.7. The normalized spacial score (nSPS) is 11.9. The summed E-state index contributed by atoms with van der Waals surface area (Å²) < 4.78 is 5.34. The molecule has 1 unspecified atom stereocenters. The van der Waals surface area contributed by atoms with E-state index in [2.05, 4.69) is 17.6 Å². The van der Waals surface area contributed by atoms with Gasteiger partial charge in [0.1, 0.15) is 0 Å². The highest BCUT2D eigenvalue weighted by Gasteiger charge is 2.09. The first-order valence-electron chi connectivity index (χ1n) is 6.40. The van der Waals surface area contributed by atoms with Gasteiger partial charge in [0.05, 0.1) is 6.42 Å². The molecule has 0 aliphatic rings. The van der Waals surface area contributed by atoms with Gasteiger partial charge in [-0.3, -0.25) is 4.79 Å². The number of aliphatic carboxylic acids is 1. The quantitative estimate of drug-likeness (QED) is 0.517. The summed E-state index contributed by atoms with van der Waals surface area (Å²) in [6.07, 6.45) is 2.85. The van der Waals surface area contributed by atoms with Crippen molar-refractivity contribution in [1.29, 1.82) is 0 Å². The van der Waals surface area contributed by atoms with E-state index in [4.69, 9.17) is 9.84 Å². The van der Waals surface area contributed by atoms with Crippen LogP contribution in [-0.2, 0) is 9.53 Å². The Morgan fingerprint density at radius 2 is 1.94 bits per heavy atom. The second-order valence-electron chi connectivity index (χ2n) is 4.22. The van der Waals surface area contributed by atoms with E-state index in [0.717, 1.165) is 25.9 Å². The molecule has 0 aromatic carbocycles. The molecule has 2 amide bonds. The second-order valence-corrected chi connectivity index (χ2v) is 4.22. The number of carbonyl (C=O) groups excluding carboxylic acids is 1. The highest BCUT2D eigenvalue weighted by molar-refractivity contribution is 5.75. The van der Waals surface area contributed by atoms with Crippen molar-refractivity contribution in [2.45, 2.75) is 45.6 Å². The topological polar surface area (TPSA) is 87.7 Å². The lowest BCUT2D eigenvalue weighted by Crippen LogP contribution is -2.42. The highest BCUT2D eigenvalue weighted by atomic mass is 16.5. The minimum atomic E-state index is -0.924. The first kappa shape index (κ1) is 16.7. The van der Waals surface area contributed by atoms with E-state index in [-0.39, 0.29) is 18.5 Å². The Kier molecular flexibility index (Phi) is 10.0. The zero-order valence-electron chi connectivity index (χ0n) is 11.2. The Balaban J connectivity index is 3.39. The number of hydrogen-bond donors (Lipinski definition) is 3. The van der Waals surface area contributed by atoms with Crippen LogP contribution in [0.3, 0.4) is 0 Å². The minimum absolute atomic E-state index is 0.0758. The first-order valence-corrected chi connectivity index (χ1v) is 6.40. The molecule has 0 spiro atoms. The summed E-state index contributed by atoms with van der Waals surface area (Å²) >= 11 is 0. The molecule has 0 saturated carbocycles. The summed E-state index contributed by atoms with van der Waals surface area (Å²) in [5, 5.41) is 13.7. The number of ether oxygens (including phenoxy) is 1. The molecule has 0 aromatic rings. The van der Waals surface area contributed by atoms with Gasteiger partial charge in [0.25, 0.3) is 0 Å². The van der Waals surface area contributed by atoms with Crippen molar-refractivity contribution in [3.05, 3.63) is 0 Å². The Morgan fingerprint density at radius 1 is 1.28 bits per heavy atom. The van der Waals surface area contributed by atoms with Crippen molar-refractivity contribution in [1.82, 2.24) is 10.6 Å². The van der Waals surface area contributed by atoms with Crippen LogP contribution in [0.5, 0.6) is 0 Å². The number of carboxylic acids is 1. The lowest BCUT2D eigenvalue weighted by molar-refractivity contribution is -0.137. The van der Waals surface area contributed by atoms with Crippen molar-refractivity contribution >= 4 is 12.0 Å². The molecule has 0 aliphatic carbocycles. The average Bonchev–Trinajstić information content (AvgIpc) is 2.26. The number of nitrogens with one attached hydrogen (secondary N) is 2. The molecule has 6 heteroatoms. The molecule has 1 atom stereocenters. The van der Waals surface area contributed by atoms with Gasteiger partial charge in [0, 0.05) is 25.8 Å². The summed E-state index contributed by atoms with van der Waals surface area (Å²) in [6, 6.07) is -0.708. The molecular weight excluding hydrogens is 236 g/mol. The van der Waals surface area contributed by atoms with Crippen LogP contribution in [0.4, 0.5) is 4.79 Å². The molecular formula is C12H24N2O4. The summed E-state index contributed by atoms with van der Waals surface area (Å²) in [5.41, 5.74) is 0. The standard InChI is InChI=1S/C12H24N2O4/c1-3-4-7-18-8-5-6-13-12(17)14-10(2)9-11(15)16/h10H,3-9H2,1-2H3,(H,15,16)(H2,13,14,17). The van der Waals surface area contributed by atoms with Crippen molar-refractivity contribution in [2.75, 3.05) is 19.8 Å². The number of amides is 2. The van der Waals surface area contributed by atoms with Crippen LogP contribution in [0.1, 0.15) is 39.5 Å². The Bertz CT molecular complexity index is 246. The molecule has 0 fully saturated rings. The van der Waals surface area contributed by atoms with E-state index in [1.807, 2.05) is 0 Å². The molecule has 0 aliphatic heterocycles. The lowest BCUT2D eigenvalue weighted by atomic mass is 10.2. The third-order valence-corrected chi connectivity index (χ3v) is 2.25. The SMILES string of the molecule is CCCCOCCCNC(=O)NC(C)CC(=O)O. The maximum absolute atomic E-state index is 11.3. The monoisotopic (exact) mass is 260 g/mol. The molecule has 6 nitrogen and oxygen atoms in total. The fourth-order valence-electron chi connectivity index (χ4n) is 1.31. The maximum Gasteiger partial charge on any atom is 0.315 e. The van der Waals surface area contributed by atoms with Crippen LogP contribution < -0.4 is 10.6 Å². The molecule has 3 N–H and O–H groups in total. The molecule has 0 aromatic heterocycles. The Hall–Kier alpha value is -1.30. The van der Waals surface area contributed by atoms with Crippen LogP contribution in [0, 0.1) is 0 Å². The van der Waals surface area contributed by atoms with E-state index in [1.54, 1.807) is 6.92 Å². The van der Waals surface area contributed by atoms with Crippen LogP contribution in [0.25, 0.3) is 0 Å². The zero-order chi connectivity index (χ0) is 13.8. The number of hydrogen-bond acceptors (Lipinski definition) is 3. The first-order chi connectivity index (χ1) is 8.56. The summed E-state index contributed by atoms with van der Waals surface area (Å²) in [7, 11) is 0. The number of carboxylic acid groups (broad SMARTS) is 1. The van der Waals surface area contributed by atoms with Crippen molar-refractivity contribution in [2.24, 2.45) is 0 Å². The predicted molar refractivity (Wildman–Crippen MR) is 68.6 cm³/mol. The number of rotatable bonds is 10. The van der Waals surface area contributed by atoms with Crippen LogP contribution in [0.2, 0.25) is 0 Å². The molecule has 0 bridgehead atoms. The van der Waals surface area contributed by atoms with Gasteiger partial charge < -0.3 is 20.5 Å². The number of urea groups is 1. The van der Waals surface area contributed by atoms with Gasteiger partial charge in [0.2, 0.25) is 0 Å². The van der Waals surface area contributed by atoms with Crippen molar-refractivity contribution in [3.63, 3.8) is 0 Å². The van der Waals surface area contributed by atoms with Gasteiger partial charge in [-0.05, 0) is 19.8 Å². The van der Waals surface area contributed by atoms with Gasteiger partial charge >= 0.3 is 12.0 Å². The second kappa shape index (κ2) is 10.8.